The van der Waals surface area contributed by atoms with E-state index in [-0.39, 0.29) is 29.0 Å². The number of benzene rings is 1. The molecule has 1 aromatic rings. The lowest BCUT2D eigenvalue weighted by molar-refractivity contribution is -0.127. The molecule has 0 aromatic heterocycles. The molecule has 0 bridgehead atoms. The summed E-state index contributed by atoms with van der Waals surface area (Å²) in [6.07, 6.45) is 2.71. The van der Waals surface area contributed by atoms with Crippen LogP contribution in [0.25, 0.3) is 0 Å². The third-order valence-electron chi connectivity index (χ3n) is 4.34. The number of amides is 2. The smallest absolute Gasteiger partial charge is 0.251 e. The molecule has 1 heterocycles. The van der Waals surface area contributed by atoms with Gasteiger partial charge in [-0.1, -0.05) is 12.5 Å². The summed E-state index contributed by atoms with van der Waals surface area (Å²) in [7, 11) is -0.436. The van der Waals surface area contributed by atoms with Gasteiger partial charge in [0.2, 0.25) is 15.9 Å². The lowest BCUT2D eigenvalue weighted by atomic mass is 10.1. The Bertz CT molecular complexity index is 746. The lowest BCUT2D eigenvalue weighted by Crippen LogP contribution is -2.42. The second-order valence-corrected chi connectivity index (χ2v) is 8.35. The minimum absolute atomic E-state index is 0.0473. The Kier molecular flexibility index (Phi) is 6.18. The van der Waals surface area contributed by atoms with Gasteiger partial charge in [-0.3, -0.25) is 9.59 Å². The van der Waals surface area contributed by atoms with Crippen LogP contribution < -0.4 is 5.32 Å². The van der Waals surface area contributed by atoms with Gasteiger partial charge in [-0.2, -0.15) is 4.31 Å². The highest BCUT2D eigenvalue weighted by Crippen LogP contribution is 2.25. The van der Waals surface area contributed by atoms with E-state index in [1.807, 2.05) is 6.92 Å². The van der Waals surface area contributed by atoms with Crippen molar-refractivity contribution < 1.29 is 18.0 Å². The third kappa shape index (κ3) is 4.58. The van der Waals surface area contributed by atoms with Gasteiger partial charge >= 0.3 is 0 Å². The van der Waals surface area contributed by atoms with E-state index < -0.39 is 15.9 Å². The van der Waals surface area contributed by atoms with Crippen LogP contribution >= 0.6 is 0 Å². The molecule has 2 amide bonds. The quantitative estimate of drug-likeness (QED) is 0.843. The minimum Gasteiger partial charge on any atom is -0.347 e. The van der Waals surface area contributed by atoms with Gasteiger partial charge in [-0.05, 0) is 38.0 Å². The number of likely N-dealkylation sites (N-methyl/N-ethyl adjacent to an activating group) is 1. The first kappa shape index (κ1) is 19.4. The van der Waals surface area contributed by atoms with Crippen molar-refractivity contribution in [1.82, 2.24) is 14.5 Å². The van der Waals surface area contributed by atoms with E-state index in [1.54, 1.807) is 20.2 Å². The Morgan fingerprint density at radius 1 is 1.28 bits per heavy atom. The standard InChI is InChI=1S/C17H25N3O4S/c1-13-7-4-5-10-20(13)25(23,24)15-9-6-8-14(11-15)17(22)18-12-16(21)19(2)3/h6,8-9,11,13H,4-5,7,10,12H2,1-3H3,(H,18,22)/t13-/m1/s1. The Morgan fingerprint density at radius 3 is 2.64 bits per heavy atom. The number of piperidine rings is 1. The van der Waals surface area contributed by atoms with E-state index in [9.17, 15) is 18.0 Å². The molecule has 138 valence electrons. The maximum absolute atomic E-state index is 12.9. The molecule has 1 atom stereocenters. The Labute approximate surface area is 149 Å². The maximum Gasteiger partial charge on any atom is 0.251 e. The Balaban J connectivity index is 2.17. The molecule has 0 spiro atoms. The van der Waals surface area contributed by atoms with Gasteiger partial charge in [0, 0.05) is 32.2 Å². The topological polar surface area (TPSA) is 86.8 Å². The first-order valence-electron chi connectivity index (χ1n) is 8.33. The number of hydrogen-bond donors (Lipinski definition) is 1. The fourth-order valence-corrected chi connectivity index (χ4v) is 4.52. The summed E-state index contributed by atoms with van der Waals surface area (Å²) in [6, 6.07) is 5.90. The molecule has 2 rings (SSSR count). The van der Waals surface area contributed by atoms with Crippen LogP contribution in [-0.4, -0.2) is 62.7 Å². The van der Waals surface area contributed by atoms with Gasteiger partial charge in [0.05, 0.1) is 11.4 Å². The van der Waals surface area contributed by atoms with E-state index in [4.69, 9.17) is 0 Å². The summed E-state index contributed by atoms with van der Waals surface area (Å²) < 4.78 is 27.2. The van der Waals surface area contributed by atoms with Crippen molar-refractivity contribution in [2.75, 3.05) is 27.2 Å². The van der Waals surface area contributed by atoms with Crippen LogP contribution in [0.4, 0.5) is 0 Å². The molecule has 1 N–H and O–H groups in total. The maximum atomic E-state index is 12.9. The predicted molar refractivity (Wildman–Crippen MR) is 94.7 cm³/mol. The Hall–Kier alpha value is -1.93. The van der Waals surface area contributed by atoms with Gasteiger partial charge in [0.25, 0.3) is 5.91 Å². The predicted octanol–water partition coefficient (Wildman–Crippen LogP) is 1.07. The minimum atomic E-state index is -3.63. The van der Waals surface area contributed by atoms with E-state index >= 15 is 0 Å². The summed E-state index contributed by atoms with van der Waals surface area (Å²) in [5.41, 5.74) is 0.220. The molecular weight excluding hydrogens is 342 g/mol. The molecule has 1 fully saturated rings. The van der Waals surface area contributed by atoms with Crippen LogP contribution in [0.3, 0.4) is 0 Å². The molecular formula is C17H25N3O4S. The van der Waals surface area contributed by atoms with Gasteiger partial charge in [0.1, 0.15) is 0 Å². The highest BCUT2D eigenvalue weighted by atomic mass is 32.2. The lowest BCUT2D eigenvalue weighted by Gasteiger charge is -2.32. The molecule has 1 aliphatic rings. The fraction of sp³-hybridized carbons (Fsp3) is 0.529. The third-order valence-corrected chi connectivity index (χ3v) is 6.35. The number of sulfonamides is 1. The van der Waals surface area contributed by atoms with Crippen LogP contribution in [0.5, 0.6) is 0 Å². The van der Waals surface area contributed by atoms with Crippen LogP contribution in [0.1, 0.15) is 36.5 Å². The van der Waals surface area contributed by atoms with Crippen molar-refractivity contribution in [3.05, 3.63) is 29.8 Å². The van der Waals surface area contributed by atoms with Crippen LogP contribution in [0.15, 0.2) is 29.2 Å². The van der Waals surface area contributed by atoms with Crippen LogP contribution in [-0.2, 0) is 14.8 Å². The normalized spacial score (nSPS) is 18.6. The summed E-state index contributed by atoms with van der Waals surface area (Å²) in [4.78, 5) is 25.2. The monoisotopic (exact) mass is 367 g/mol. The first-order valence-corrected chi connectivity index (χ1v) is 9.77. The Morgan fingerprint density at radius 2 is 2.00 bits per heavy atom. The average Bonchev–Trinajstić information content (AvgIpc) is 2.59. The zero-order valence-electron chi connectivity index (χ0n) is 14.9. The summed E-state index contributed by atoms with van der Waals surface area (Å²) in [6.45, 7) is 2.27. The van der Waals surface area contributed by atoms with Crippen molar-refractivity contribution in [2.45, 2.75) is 37.1 Å². The SMILES string of the molecule is C[C@@H]1CCCCN1S(=O)(=O)c1cccc(C(=O)NCC(=O)N(C)C)c1. The van der Waals surface area contributed by atoms with Crippen molar-refractivity contribution >= 4 is 21.8 Å². The molecule has 7 nitrogen and oxygen atoms in total. The van der Waals surface area contributed by atoms with Crippen molar-refractivity contribution in [3.63, 3.8) is 0 Å². The molecule has 0 aliphatic carbocycles. The van der Waals surface area contributed by atoms with E-state index in [0.29, 0.717) is 6.54 Å². The van der Waals surface area contributed by atoms with Gasteiger partial charge in [-0.25, -0.2) is 8.42 Å². The largest absolute Gasteiger partial charge is 0.347 e. The first-order chi connectivity index (χ1) is 11.7. The van der Waals surface area contributed by atoms with Crippen molar-refractivity contribution in [3.8, 4) is 0 Å². The second kappa shape index (κ2) is 7.97. The molecule has 1 saturated heterocycles. The zero-order valence-corrected chi connectivity index (χ0v) is 15.7. The molecule has 25 heavy (non-hydrogen) atoms. The number of carbonyl (C=O) groups excluding carboxylic acids is 2. The van der Waals surface area contributed by atoms with E-state index in [0.717, 1.165) is 19.3 Å². The van der Waals surface area contributed by atoms with Crippen LogP contribution in [0, 0.1) is 0 Å². The molecule has 0 saturated carbocycles. The second-order valence-electron chi connectivity index (χ2n) is 6.46. The number of nitrogens with one attached hydrogen (secondary N) is 1. The highest BCUT2D eigenvalue weighted by molar-refractivity contribution is 7.89. The van der Waals surface area contributed by atoms with Crippen LogP contribution in [0.2, 0.25) is 0 Å². The zero-order chi connectivity index (χ0) is 18.6. The van der Waals surface area contributed by atoms with Crippen molar-refractivity contribution in [2.24, 2.45) is 0 Å². The van der Waals surface area contributed by atoms with Gasteiger partial charge in [0.15, 0.2) is 0 Å². The highest BCUT2D eigenvalue weighted by Gasteiger charge is 2.31. The summed E-state index contributed by atoms with van der Waals surface area (Å²) in [5, 5.41) is 2.51. The number of nitrogens with zero attached hydrogens (tertiary/aromatic N) is 2. The van der Waals surface area contributed by atoms with E-state index in [2.05, 4.69) is 5.32 Å². The average molecular weight is 367 g/mol. The number of carbonyl (C=O) groups is 2. The molecule has 0 radical (unpaired) electrons. The summed E-state index contributed by atoms with van der Waals surface area (Å²) >= 11 is 0. The van der Waals surface area contributed by atoms with Crippen molar-refractivity contribution in [1.29, 1.82) is 0 Å². The van der Waals surface area contributed by atoms with E-state index in [1.165, 1.54) is 27.4 Å². The number of hydrogen-bond acceptors (Lipinski definition) is 4. The fourth-order valence-electron chi connectivity index (χ4n) is 2.78. The molecule has 8 heteroatoms. The summed E-state index contributed by atoms with van der Waals surface area (Å²) in [5.74, 6) is -0.710. The van der Waals surface area contributed by atoms with Gasteiger partial charge in [-0.15, -0.1) is 0 Å². The molecule has 1 aromatic carbocycles. The van der Waals surface area contributed by atoms with Gasteiger partial charge < -0.3 is 10.2 Å². The molecule has 0 unspecified atom stereocenters. The number of rotatable bonds is 5. The molecule has 1 aliphatic heterocycles.